The number of carbonyl (C=O) groups is 1. The van der Waals surface area contributed by atoms with Crippen LogP contribution in [0.15, 0.2) is 42.9 Å². The predicted octanol–water partition coefficient (Wildman–Crippen LogP) is 3.02. The van der Waals surface area contributed by atoms with Crippen molar-refractivity contribution < 1.29 is 4.79 Å². The van der Waals surface area contributed by atoms with Crippen LogP contribution >= 0.6 is 0 Å². The lowest BCUT2D eigenvalue weighted by Crippen LogP contribution is -2.34. The van der Waals surface area contributed by atoms with Crippen LogP contribution in [0.3, 0.4) is 0 Å². The Morgan fingerprint density at radius 2 is 2.09 bits per heavy atom. The number of hydrogen-bond acceptors (Lipinski definition) is 6. The Morgan fingerprint density at radius 3 is 2.77 bits per heavy atom. The van der Waals surface area contributed by atoms with E-state index in [-0.39, 0.29) is 11.9 Å². The van der Waals surface area contributed by atoms with Gasteiger partial charge >= 0.3 is 0 Å². The second-order valence-corrected chi connectivity index (χ2v) is 8.85. The van der Waals surface area contributed by atoms with Crippen molar-refractivity contribution in [3.05, 3.63) is 54.1 Å². The van der Waals surface area contributed by atoms with Crippen LogP contribution in [-0.4, -0.2) is 53.8 Å². The molecule has 0 aromatic carbocycles. The molecule has 1 fully saturated rings. The highest BCUT2D eigenvalue weighted by Gasteiger charge is 2.30. The summed E-state index contributed by atoms with van der Waals surface area (Å²) in [6.07, 6.45) is 13.1. The molecule has 0 saturated carbocycles. The maximum Gasteiger partial charge on any atom is 0.252 e. The van der Waals surface area contributed by atoms with E-state index in [4.69, 9.17) is 16.4 Å². The molecule has 178 valence electrons. The minimum atomic E-state index is -0.170. The molecule has 1 amide bonds. The number of fused-ring (bicyclic) bond motifs is 1. The zero-order chi connectivity index (χ0) is 24.5. The third kappa shape index (κ3) is 4.23. The summed E-state index contributed by atoms with van der Waals surface area (Å²) in [6, 6.07) is 8.17. The molecule has 5 rings (SSSR count). The molecular weight excluding hydrogens is 440 g/mol. The number of nitrogens with zero attached hydrogens (tertiary/aromatic N) is 7. The molecule has 0 aliphatic carbocycles. The smallest absolute Gasteiger partial charge is 0.252 e. The summed E-state index contributed by atoms with van der Waals surface area (Å²) in [5.41, 5.74) is 3.54. The summed E-state index contributed by atoms with van der Waals surface area (Å²) in [5.74, 6) is 4.30. The highest BCUT2D eigenvalue weighted by atomic mass is 16.1. The minimum absolute atomic E-state index is 0.0639. The van der Waals surface area contributed by atoms with Crippen molar-refractivity contribution in [1.29, 1.82) is 0 Å². The molecule has 9 heteroatoms. The summed E-state index contributed by atoms with van der Waals surface area (Å²) in [6.45, 7) is 5.10. The highest BCUT2D eigenvalue weighted by Crippen LogP contribution is 2.31. The quantitative estimate of drug-likeness (QED) is 0.437. The normalized spacial score (nSPS) is 17.6. The third-order valence-corrected chi connectivity index (χ3v) is 6.40. The van der Waals surface area contributed by atoms with Crippen molar-refractivity contribution in [2.75, 3.05) is 11.4 Å². The van der Waals surface area contributed by atoms with Gasteiger partial charge in [0.25, 0.3) is 5.91 Å². The van der Waals surface area contributed by atoms with E-state index >= 15 is 0 Å². The summed E-state index contributed by atoms with van der Waals surface area (Å²) in [4.78, 5) is 28.8. The zero-order valence-corrected chi connectivity index (χ0v) is 20.1. The number of imidazole rings is 1. The number of carbonyl (C=O) groups excluding carboxylic acids is 1. The average molecular weight is 469 g/mol. The van der Waals surface area contributed by atoms with E-state index in [9.17, 15) is 4.79 Å². The van der Waals surface area contributed by atoms with Gasteiger partial charge in [-0.25, -0.2) is 15.0 Å². The molecule has 35 heavy (non-hydrogen) atoms. The van der Waals surface area contributed by atoms with Crippen molar-refractivity contribution in [3.63, 3.8) is 0 Å². The molecule has 0 unspecified atom stereocenters. The molecule has 5 heterocycles. The molecule has 1 saturated heterocycles. The van der Waals surface area contributed by atoms with Crippen molar-refractivity contribution in [2.24, 2.45) is 7.05 Å². The summed E-state index contributed by atoms with van der Waals surface area (Å²) < 4.78 is 3.78. The van der Waals surface area contributed by atoms with Gasteiger partial charge in [-0.3, -0.25) is 9.48 Å². The molecule has 1 N–H and O–H groups in total. The molecule has 1 aliphatic heterocycles. The van der Waals surface area contributed by atoms with Gasteiger partial charge in [-0.15, -0.1) is 6.42 Å². The molecule has 4 aromatic rings. The molecule has 0 radical (unpaired) electrons. The third-order valence-electron chi connectivity index (χ3n) is 6.40. The van der Waals surface area contributed by atoms with Crippen LogP contribution in [0.1, 0.15) is 42.7 Å². The van der Waals surface area contributed by atoms with Gasteiger partial charge in [0.05, 0.1) is 23.8 Å². The second-order valence-electron chi connectivity index (χ2n) is 8.85. The summed E-state index contributed by atoms with van der Waals surface area (Å²) in [7, 11) is 1.89. The van der Waals surface area contributed by atoms with Gasteiger partial charge in [-0.1, -0.05) is 5.92 Å². The fourth-order valence-electron chi connectivity index (χ4n) is 4.68. The van der Waals surface area contributed by atoms with Crippen LogP contribution in [0.5, 0.6) is 0 Å². The largest absolute Gasteiger partial charge is 0.352 e. The van der Waals surface area contributed by atoms with Crippen molar-refractivity contribution in [2.45, 2.75) is 45.3 Å². The first-order valence-corrected chi connectivity index (χ1v) is 11.8. The predicted molar refractivity (Wildman–Crippen MR) is 135 cm³/mol. The number of anilines is 1. The fraction of sp³-hybridized carbons (Fsp3) is 0.346. The van der Waals surface area contributed by atoms with Crippen LogP contribution in [0.4, 0.5) is 5.82 Å². The van der Waals surface area contributed by atoms with Crippen LogP contribution < -0.4 is 10.2 Å². The fourth-order valence-corrected chi connectivity index (χ4v) is 4.68. The van der Waals surface area contributed by atoms with Gasteiger partial charge in [-0.2, -0.15) is 5.10 Å². The van der Waals surface area contributed by atoms with E-state index in [1.165, 1.54) is 0 Å². The first-order valence-electron chi connectivity index (χ1n) is 11.8. The van der Waals surface area contributed by atoms with E-state index in [0.717, 1.165) is 29.9 Å². The molecule has 0 bridgehead atoms. The molecule has 0 spiro atoms. The van der Waals surface area contributed by atoms with Gasteiger partial charge in [0.1, 0.15) is 17.2 Å². The maximum atomic E-state index is 12.4. The number of nitrogens with one attached hydrogen (secondary N) is 1. The number of pyridine rings is 2. The van der Waals surface area contributed by atoms with Crippen LogP contribution in [0, 0.1) is 12.3 Å². The van der Waals surface area contributed by atoms with E-state index in [1.54, 1.807) is 16.9 Å². The second kappa shape index (κ2) is 9.22. The monoisotopic (exact) mass is 468 g/mol. The average Bonchev–Trinajstić information content (AvgIpc) is 3.56. The van der Waals surface area contributed by atoms with Gasteiger partial charge in [0, 0.05) is 43.8 Å². The van der Waals surface area contributed by atoms with Crippen molar-refractivity contribution >= 4 is 22.9 Å². The van der Waals surface area contributed by atoms with Gasteiger partial charge in [0.2, 0.25) is 0 Å². The summed E-state index contributed by atoms with van der Waals surface area (Å²) >= 11 is 0. The first kappa shape index (κ1) is 22.6. The molecule has 4 aromatic heterocycles. The van der Waals surface area contributed by atoms with E-state index < -0.39 is 0 Å². The Hall–Kier alpha value is -4.19. The van der Waals surface area contributed by atoms with Gasteiger partial charge in [0.15, 0.2) is 5.65 Å². The topological polar surface area (TPSA) is 93.8 Å². The molecule has 9 nitrogen and oxygen atoms in total. The summed E-state index contributed by atoms with van der Waals surface area (Å²) in [5, 5.41) is 7.34. The van der Waals surface area contributed by atoms with Crippen LogP contribution in [0.2, 0.25) is 0 Å². The van der Waals surface area contributed by atoms with Gasteiger partial charge in [-0.05, 0) is 51.0 Å². The lowest BCUT2D eigenvalue weighted by molar-refractivity contribution is 0.0955. The van der Waals surface area contributed by atoms with Crippen molar-refractivity contribution in [3.8, 4) is 23.7 Å². The van der Waals surface area contributed by atoms with Crippen LogP contribution in [0.25, 0.3) is 22.6 Å². The molecule has 2 atom stereocenters. The van der Waals surface area contributed by atoms with Crippen molar-refractivity contribution in [1.82, 2.24) is 34.6 Å². The lowest BCUT2D eigenvalue weighted by Gasteiger charge is -2.26. The lowest BCUT2D eigenvalue weighted by atomic mass is 10.2. The SMILES string of the molecule is C#C[C@H]1CC[C@H](C)N1c1ccc(-c2nc3cc(C(=O)NCC)cnc3n2Cc2ccn(C)n2)cn1. The van der Waals surface area contributed by atoms with E-state index in [0.29, 0.717) is 41.7 Å². The number of hydrogen-bond donors (Lipinski definition) is 1. The Kier molecular flexibility index (Phi) is 5.95. The molecular formula is C26H28N8O. The number of aromatic nitrogens is 6. The Bertz CT molecular complexity index is 1410. The number of terminal acetylenes is 1. The minimum Gasteiger partial charge on any atom is -0.352 e. The van der Waals surface area contributed by atoms with E-state index in [1.807, 2.05) is 49.1 Å². The standard InChI is InChI=1S/C26H28N8O/c1-5-21-9-7-17(3)34(21)23-10-8-18(14-28-23)24-30-22-13-19(26(35)27-6-2)15-29-25(22)33(24)16-20-11-12-32(4)31-20/h1,8,10-15,17,21H,6-7,9,16H2,2-4H3,(H,27,35)/t17-,21-/m0/s1. The number of amides is 1. The Labute approximate surface area is 204 Å². The highest BCUT2D eigenvalue weighted by molar-refractivity contribution is 5.96. The Morgan fingerprint density at radius 1 is 1.23 bits per heavy atom. The first-order chi connectivity index (χ1) is 17.0. The van der Waals surface area contributed by atoms with E-state index in [2.05, 4.69) is 33.1 Å². The maximum absolute atomic E-state index is 12.4. The number of rotatable bonds is 6. The zero-order valence-electron chi connectivity index (χ0n) is 20.1. The van der Waals surface area contributed by atoms with Crippen LogP contribution in [-0.2, 0) is 13.6 Å². The number of aryl methyl sites for hydroxylation is 1. The molecule has 1 aliphatic rings. The Balaban J connectivity index is 1.56. The van der Waals surface area contributed by atoms with Gasteiger partial charge < -0.3 is 14.8 Å².